The first-order valence-corrected chi connectivity index (χ1v) is 10.5. The summed E-state index contributed by atoms with van der Waals surface area (Å²) < 4.78 is 55.1. The summed E-state index contributed by atoms with van der Waals surface area (Å²) >= 11 is 0. The number of aromatic nitrogens is 5. The first-order chi connectivity index (χ1) is 16.8. The van der Waals surface area contributed by atoms with Crippen molar-refractivity contribution in [3.8, 4) is 39.8 Å². The lowest BCUT2D eigenvalue weighted by molar-refractivity contribution is -0.274. The van der Waals surface area contributed by atoms with E-state index in [0.717, 1.165) is 16.8 Å². The molecule has 3 aromatic carbocycles. The van der Waals surface area contributed by atoms with E-state index in [9.17, 15) is 17.6 Å². The molecule has 0 radical (unpaired) electrons. The first kappa shape index (κ1) is 21.0. The molecule has 35 heavy (non-hydrogen) atoms. The van der Waals surface area contributed by atoms with Crippen LogP contribution < -0.4 is 4.74 Å². The molecule has 3 heterocycles. The van der Waals surface area contributed by atoms with Crippen LogP contribution >= 0.6 is 0 Å². The number of nitrogens with zero attached hydrogens (tertiary/aromatic N) is 2. The maximum Gasteiger partial charge on any atom is 0.573 e. The van der Waals surface area contributed by atoms with Gasteiger partial charge in [0.2, 0.25) is 0 Å². The van der Waals surface area contributed by atoms with Crippen LogP contribution in [0.5, 0.6) is 5.75 Å². The van der Waals surface area contributed by atoms with Crippen LogP contribution in [0.15, 0.2) is 73.1 Å². The predicted octanol–water partition coefficient (Wildman–Crippen LogP) is 6.81. The minimum Gasteiger partial charge on any atom is -0.406 e. The number of alkyl halides is 3. The lowest BCUT2D eigenvalue weighted by Crippen LogP contribution is -2.16. The number of imidazole rings is 2. The molecule has 174 valence electrons. The summed E-state index contributed by atoms with van der Waals surface area (Å²) in [5.74, 6) is 0.526. The Labute approximate surface area is 194 Å². The van der Waals surface area contributed by atoms with Gasteiger partial charge in [0.15, 0.2) is 0 Å². The minimum atomic E-state index is -4.76. The Kier molecular flexibility index (Phi) is 4.63. The normalized spacial score (nSPS) is 12.0. The Bertz CT molecular complexity index is 1700. The van der Waals surface area contributed by atoms with E-state index in [0.29, 0.717) is 39.1 Å². The Morgan fingerprint density at radius 1 is 0.829 bits per heavy atom. The maximum absolute atomic E-state index is 13.5. The van der Waals surface area contributed by atoms with Crippen LogP contribution in [0, 0.1) is 5.82 Å². The highest BCUT2D eigenvalue weighted by Gasteiger charge is 2.31. The molecule has 0 spiro atoms. The van der Waals surface area contributed by atoms with Crippen molar-refractivity contribution in [1.82, 2.24) is 24.9 Å². The number of H-pyrrole nitrogens is 3. The van der Waals surface area contributed by atoms with Gasteiger partial charge in [-0.3, -0.25) is 0 Å². The van der Waals surface area contributed by atoms with Gasteiger partial charge in [0.25, 0.3) is 0 Å². The summed E-state index contributed by atoms with van der Waals surface area (Å²) in [4.78, 5) is 18.4. The fraction of sp³-hybridized carbons (Fsp3) is 0.0400. The van der Waals surface area contributed by atoms with Crippen LogP contribution in [-0.2, 0) is 0 Å². The van der Waals surface area contributed by atoms with Gasteiger partial charge in [-0.2, -0.15) is 0 Å². The van der Waals surface area contributed by atoms with Gasteiger partial charge in [0.05, 0.1) is 22.9 Å². The molecule has 0 aliphatic heterocycles. The highest BCUT2D eigenvalue weighted by molar-refractivity contribution is 5.95. The van der Waals surface area contributed by atoms with Crippen molar-refractivity contribution in [2.75, 3.05) is 0 Å². The molecule has 0 fully saturated rings. The van der Waals surface area contributed by atoms with Crippen molar-refractivity contribution in [1.29, 1.82) is 0 Å². The summed E-state index contributed by atoms with van der Waals surface area (Å²) in [5, 5.41) is 0.698. The Hall–Kier alpha value is -4.60. The second-order valence-corrected chi connectivity index (χ2v) is 7.93. The molecule has 6 nitrogen and oxygen atoms in total. The van der Waals surface area contributed by atoms with E-state index >= 15 is 0 Å². The van der Waals surface area contributed by atoms with Gasteiger partial charge < -0.3 is 19.7 Å². The quantitative estimate of drug-likeness (QED) is 0.244. The van der Waals surface area contributed by atoms with Gasteiger partial charge in [0, 0.05) is 39.9 Å². The molecule has 6 rings (SSSR count). The molecule has 10 heteroatoms. The lowest BCUT2D eigenvalue weighted by atomic mass is 10.1. The largest absolute Gasteiger partial charge is 0.573 e. The average Bonchev–Trinajstić information content (AvgIpc) is 3.55. The molecule has 6 aromatic rings. The van der Waals surface area contributed by atoms with E-state index in [-0.39, 0.29) is 11.6 Å². The number of ether oxygens (including phenoxy) is 1. The van der Waals surface area contributed by atoms with Crippen molar-refractivity contribution in [3.05, 3.63) is 78.9 Å². The van der Waals surface area contributed by atoms with Crippen molar-refractivity contribution in [2.24, 2.45) is 0 Å². The third kappa shape index (κ3) is 3.99. The van der Waals surface area contributed by atoms with Crippen molar-refractivity contribution in [2.45, 2.75) is 6.36 Å². The third-order valence-electron chi connectivity index (χ3n) is 5.61. The minimum absolute atomic E-state index is 0.302. The molecular weight excluding hydrogens is 462 g/mol. The number of nitrogens with one attached hydrogen (secondary N) is 3. The lowest BCUT2D eigenvalue weighted by Gasteiger charge is -2.08. The number of hydrogen-bond donors (Lipinski definition) is 3. The smallest absolute Gasteiger partial charge is 0.406 e. The van der Waals surface area contributed by atoms with E-state index < -0.39 is 6.36 Å². The zero-order valence-corrected chi connectivity index (χ0v) is 17.7. The molecule has 0 amide bonds. The first-order valence-electron chi connectivity index (χ1n) is 10.5. The SMILES string of the molecule is Fc1ccc2nc(-c3cccc(-c4cnc(-c5c[nH]c6cc(OC(F)(F)F)ccc56)[nH]4)c3)[nH]c2c1. The van der Waals surface area contributed by atoms with E-state index in [2.05, 4.69) is 29.7 Å². The number of aromatic amines is 3. The Balaban J connectivity index is 1.32. The number of rotatable bonds is 4. The predicted molar refractivity (Wildman–Crippen MR) is 123 cm³/mol. The third-order valence-corrected chi connectivity index (χ3v) is 5.61. The van der Waals surface area contributed by atoms with Gasteiger partial charge in [-0.05, 0) is 36.4 Å². The standard InChI is InChI=1S/C25H15F4N5O/c26-15-4-7-19-21(9-15)33-23(32-19)14-3-1-2-13(8-14)22-12-31-24(34-22)18-11-30-20-10-16(5-6-17(18)20)35-25(27,28)29/h1-12,30H,(H,31,34)(H,32,33). The molecule has 0 aliphatic carbocycles. The highest BCUT2D eigenvalue weighted by atomic mass is 19.4. The van der Waals surface area contributed by atoms with Crippen LogP contribution in [0.25, 0.3) is 56.0 Å². The summed E-state index contributed by atoms with van der Waals surface area (Å²) in [6.07, 6.45) is -1.40. The zero-order valence-electron chi connectivity index (χ0n) is 17.7. The second kappa shape index (κ2) is 7.73. The topological polar surface area (TPSA) is 82.4 Å². The van der Waals surface area contributed by atoms with E-state index in [4.69, 9.17) is 0 Å². The Morgan fingerprint density at radius 2 is 1.69 bits per heavy atom. The maximum atomic E-state index is 13.5. The van der Waals surface area contributed by atoms with Gasteiger partial charge in [-0.25, -0.2) is 14.4 Å². The van der Waals surface area contributed by atoms with Crippen molar-refractivity contribution < 1.29 is 22.3 Å². The molecule has 0 atom stereocenters. The van der Waals surface area contributed by atoms with E-state index in [1.54, 1.807) is 24.5 Å². The summed E-state index contributed by atoms with van der Waals surface area (Å²) in [5.41, 5.74) is 4.89. The van der Waals surface area contributed by atoms with Crippen molar-refractivity contribution in [3.63, 3.8) is 0 Å². The summed E-state index contributed by atoms with van der Waals surface area (Å²) in [6, 6.07) is 16.1. The number of hydrogen-bond acceptors (Lipinski definition) is 3. The molecule has 3 N–H and O–H groups in total. The van der Waals surface area contributed by atoms with Gasteiger partial charge in [-0.1, -0.05) is 18.2 Å². The van der Waals surface area contributed by atoms with Crippen LogP contribution in [0.3, 0.4) is 0 Å². The van der Waals surface area contributed by atoms with Crippen LogP contribution in [0.1, 0.15) is 0 Å². The molecular formula is C25H15F4N5O. The molecule has 0 saturated carbocycles. The van der Waals surface area contributed by atoms with Crippen LogP contribution in [-0.4, -0.2) is 31.3 Å². The van der Waals surface area contributed by atoms with Gasteiger partial charge in [-0.15, -0.1) is 13.2 Å². The molecule has 0 unspecified atom stereocenters. The van der Waals surface area contributed by atoms with Crippen molar-refractivity contribution >= 4 is 21.9 Å². The second-order valence-electron chi connectivity index (χ2n) is 7.93. The van der Waals surface area contributed by atoms with E-state index in [1.807, 2.05) is 24.3 Å². The number of benzene rings is 3. The monoisotopic (exact) mass is 477 g/mol. The molecule has 3 aromatic heterocycles. The fourth-order valence-corrected chi connectivity index (χ4v) is 4.06. The van der Waals surface area contributed by atoms with Gasteiger partial charge >= 0.3 is 6.36 Å². The average molecular weight is 477 g/mol. The number of fused-ring (bicyclic) bond motifs is 2. The summed E-state index contributed by atoms with van der Waals surface area (Å²) in [7, 11) is 0. The number of halogens is 4. The van der Waals surface area contributed by atoms with Crippen LogP contribution in [0.4, 0.5) is 17.6 Å². The van der Waals surface area contributed by atoms with E-state index in [1.165, 1.54) is 24.3 Å². The summed E-state index contributed by atoms with van der Waals surface area (Å²) in [6.45, 7) is 0. The molecule has 0 saturated heterocycles. The zero-order chi connectivity index (χ0) is 24.2. The molecule has 0 bridgehead atoms. The highest BCUT2D eigenvalue weighted by Crippen LogP contribution is 2.33. The Morgan fingerprint density at radius 3 is 2.54 bits per heavy atom. The fourth-order valence-electron chi connectivity index (χ4n) is 4.06. The van der Waals surface area contributed by atoms with Gasteiger partial charge in [0.1, 0.15) is 23.2 Å². The molecule has 0 aliphatic rings. The van der Waals surface area contributed by atoms with Crippen LogP contribution in [0.2, 0.25) is 0 Å².